The molecular formula is C15H30O2. The molecule has 0 bridgehead atoms. The summed E-state index contributed by atoms with van der Waals surface area (Å²) in [6, 6.07) is 0. The van der Waals surface area contributed by atoms with E-state index in [1.165, 1.54) is 0 Å². The van der Waals surface area contributed by atoms with Crippen molar-refractivity contribution < 1.29 is 9.47 Å². The molecule has 17 heavy (non-hydrogen) atoms. The molecule has 1 unspecified atom stereocenters. The monoisotopic (exact) mass is 242 g/mol. The first kappa shape index (κ1) is 15.0. The zero-order valence-electron chi connectivity index (χ0n) is 12.8. The molecule has 102 valence electrons. The van der Waals surface area contributed by atoms with E-state index in [0.717, 1.165) is 6.42 Å². The molecule has 1 aliphatic rings. The van der Waals surface area contributed by atoms with Gasteiger partial charge in [0.15, 0.2) is 0 Å². The maximum absolute atomic E-state index is 6.15. The molecule has 1 heterocycles. The van der Waals surface area contributed by atoms with Gasteiger partial charge in [-0.25, -0.2) is 0 Å². The Balaban J connectivity index is 2.90. The molecule has 1 fully saturated rings. The third kappa shape index (κ3) is 3.69. The van der Waals surface area contributed by atoms with E-state index in [1.807, 2.05) is 7.11 Å². The van der Waals surface area contributed by atoms with Crippen molar-refractivity contribution in [3.63, 3.8) is 0 Å². The van der Waals surface area contributed by atoms with Crippen LogP contribution >= 0.6 is 0 Å². The Hall–Kier alpha value is -0.0800. The van der Waals surface area contributed by atoms with Crippen molar-refractivity contribution in [3.05, 3.63) is 0 Å². The second-order valence-electron chi connectivity index (χ2n) is 7.74. The van der Waals surface area contributed by atoms with Crippen LogP contribution in [-0.2, 0) is 9.47 Å². The molecule has 0 amide bonds. The molecule has 0 aromatic rings. The summed E-state index contributed by atoms with van der Waals surface area (Å²) in [5, 5.41) is 0. The van der Waals surface area contributed by atoms with Crippen molar-refractivity contribution in [2.75, 3.05) is 7.11 Å². The van der Waals surface area contributed by atoms with Gasteiger partial charge in [0.25, 0.3) is 0 Å². The number of hydrogen-bond acceptors (Lipinski definition) is 2. The lowest BCUT2D eigenvalue weighted by atomic mass is 9.71. The van der Waals surface area contributed by atoms with Crippen LogP contribution in [0.15, 0.2) is 0 Å². The van der Waals surface area contributed by atoms with Crippen molar-refractivity contribution in [1.29, 1.82) is 0 Å². The molecule has 4 atom stereocenters. The zero-order valence-corrected chi connectivity index (χ0v) is 12.8. The summed E-state index contributed by atoms with van der Waals surface area (Å²) < 4.78 is 11.8. The highest BCUT2D eigenvalue weighted by Gasteiger charge is 2.48. The van der Waals surface area contributed by atoms with Crippen LogP contribution in [0.4, 0.5) is 0 Å². The van der Waals surface area contributed by atoms with E-state index in [2.05, 4.69) is 48.5 Å². The average molecular weight is 242 g/mol. The fraction of sp³-hybridized carbons (Fsp3) is 1.00. The van der Waals surface area contributed by atoms with Crippen LogP contribution in [0.5, 0.6) is 0 Å². The van der Waals surface area contributed by atoms with Crippen molar-refractivity contribution in [2.45, 2.75) is 73.2 Å². The Bertz CT molecular complexity index is 247. The van der Waals surface area contributed by atoms with Crippen LogP contribution in [0.25, 0.3) is 0 Å². The van der Waals surface area contributed by atoms with Gasteiger partial charge < -0.3 is 9.47 Å². The van der Waals surface area contributed by atoms with Gasteiger partial charge in [-0.1, -0.05) is 41.5 Å². The predicted molar refractivity (Wildman–Crippen MR) is 72.1 cm³/mol. The molecule has 1 saturated heterocycles. The van der Waals surface area contributed by atoms with E-state index < -0.39 is 0 Å². The third-order valence-electron chi connectivity index (χ3n) is 3.69. The van der Waals surface area contributed by atoms with Crippen LogP contribution in [-0.4, -0.2) is 25.4 Å². The third-order valence-corrected chi connectivity index (χ3v) is 3.69. The highest BCUT2D eigenvalue weighted by molar-refractivity contribution is 4.96. The molecule has 0 N–H and O–H groups in total. The van der Waals surface area contributed by atoms with Gasteiger partial charge in [-0.05, 0) is 24.2 Å². The van der Waals surface area contributed by atoms with Gasteiger partial charge in [-0.15, -0.1) is 0 Å². The lowest BCUT2D eigenvalue weighted by Crippen LogP contribution is -2.39. The molecule has 1 rings (SSSR count). The average Bonchev–Trinajstić information content (AvgIpc) is 2.37. The fourth-order valence-electron chi connectivity index (χ4n) is 3.11. The quantitative estimate of drug-likeness (QED) is 0.731. The predicted octanol–water partition coefficient (Wildman–Crippen LogP) is 3.89. The summed E-state index contributed by atoms with van der Waals surface area (Å²) in [5.41, 5.74) is 0.526. The van der Waals surface area contributed by atoms with E-state index in [0.29, 0.717) is 17.4 Å². The van der Waals surface area contributed by atoms with Gasteiger partial charge in [-0.3, -0.25) is 0 Å². The first-order chi connectivity index (χ1) is 7.56. The summed E-state index contributed by atoms with van der Waals surface area (Å²) in [4.78, 5) is 0. The molecule has 2 heteroatoms. The maximum Gasteiger partial charge on any atom is 0.0888 e. The number of ether oxygens (including phenoxy) is 2. The summed E-state index contributed by atoms with van der Waals surface area (Å²) in [5.74, 6) is 0.474. The normalized spacial score (nSPS) is 35.3. The minimum absolute atomic E-state index is 0.205. The molecule has 0 aromatic heterocycles. The van der Waals surface area contributed by atoms with Gasteiger partial charge in [-0.2, -0.15) is 0 Å². The second-order valence-corrected chi connectivity index (χ2v) is 7.74. The first-order valence-corrected chi connectivity index (χ1v) is 6.74. The Morgan fingerprint density at radius 3 is 1.94 bits per heavy atom. The Kier molecular flexibility index (Phi) is 4.31. The molecule has 0 aliphatic carbocycles. The lowest BCUT2D eigenvalue weighted by Gasteiger charge is -2.36. The molecular weight excluding hydrogens is 212 g/mol. The largest absolute Gasteiger partial charge is 0.378 e. The van der Waals surface area contributed by atoms with E-state index >= 15 is 0 Å². The van der Waals surface area contributed by atoms with Crippen LogP contribution in [0.1, 0.15) is 54.9 Å². The van der Waals surface area contributed by atoms with Crippen LogP contribution in [0, 0.1) is 16.7 Å². The molecule has 0 saturated carbocycles. The fourth-order valence-corrected chi connectivity index (χ4v) is 3.11. The van der Waals surface area contributed by atoms with Gasteiger partial charge in [0, 0.05) is 13.0 Å². The zero-order chi connectivity index (χ0) is 13.4. The number of hydrogen-bond donors (Lipinski definition) is 0. The van der Waals surface area contributed by atoms with E-state index in [-0.39, 0.29) is 17.6 Å². The highest BCUT2D eigenvalue weighted by atomic mass is 16.6. The molecule has 0 spiro atoms. The summed E-state index contributed by atoms with van der Waals surface area (Å²) in [6.45, 7) is 15.8. The van der Waals surface area contributed by atoms with E-state index in [1.54, 1.807) is 0 Å². The minimum Gasteiger partial charge on any atom is -0.378 e. The standard InChI is InChI=1S/C15H30O2/c1-10-13(16-8)12(15(5,6)7)11(17-10)9-14(2,3)4/h10-13H,9H2,1-8H3/t10-,11+,12-,13?/m0/s1. The van der Waals surface area contributed by atoms with Crippen molar-refractivity contribution in [3.8, 4) is 0 Å². The van der Waals surface area contributed by atoms with Gasteiger partial charge >= 0.3 is 0 Å². The Morgan fingerprint density at radius 1 is 1.06 bits per heavy atom. The molecule has 0 aromatic carbocycles. The second kappa shape index (κ2) is 4.89. The minimum atomic E-state index is 0.205. The van der Waals surface area contributed by atoms with Gasteiger partial charge in [0.2, 0.25) is 0 Å². The van der Waals surface area contributed by atoms with Crippen molar-refractivity contribution >= 4 is 0 Å². The van der Waals surface area contributed by atoms with Crippen molar-refractivity contribution in [2.24, 2.45) is 16.7 Å². The maximum atomic E-state index is 6.15. The van der Waals surface area contributed by atoms with E-state index in [4.69, 9.17) is 9.47 Å². The van der Waals surface area contributed by atoms with Crippen molar-refractivity contribution in [1.82, 2.24) is 0 Å². The molecule has 2 nitrogen and oxygen atoms in total. The summed E-state index contributed by atoms with van der Waals surface area (Å²) >= 11 is 0. The summed E-state index contributed by atoms with van der Waals surface area (Å²) in [6.07, 6.45) is 1.84. The highest BCUT2D eigenvalue weighted by Crippen LogP contribution is 2.44. The molecule has 1 aliphatic heterocycles. The topological polar surface area (TPSA) is 18.5 Å². The summed E-state index contributed by atoms with van der Waals surface area (Å²) in [7, 11) is 1.81. The Morgan fingerprint density at radius 2 is 1.59 bits per heavy atom. The number of methoxy groups -OCH3 is 1. The molecule has 0 radical (unpaired) electrons. The van der Waals surface area contributed by atoms with Crippen LogP contribution < -0.4 is 0 Å². The SMILES string of the molecule is COC1[C@H](C)O[C@H](CC(C)(C)C)[C@@H]1C(C)(C)C. The smallest absolute Gasteiger partial charge is 0.0888 e. The van der Waals surface area contributed by atoms with Gasteiger partial charge in [0.1, 0.15) is 0 Å². The number of rotatable bonds is 2. The van der Waals surface area contributed by atoms with E-state index in [9.17, 15) is 0 Å². The van der Waals surface area contributed by atoms with Crippen LogP contribution in [0.2, 0.25) is 0 Å². The van der Waals surface area contributed by atoms with Crippen LogP contribution in [0.3, 0.4) is 0 Å². The lowest BCUT2D eigenvalue weighted by molar-refractivity contribution is -0.00399. The Labute approximate surface area is 107 Å². The van der Waals surface area contributed by atoms with Gasteiger partial charge in [0.05, 0.1) is 18.3 Å². The first-order valence-electron chi connectivity index (χ1n) is 6.74.